The number of aromatic nitrogens is 1. The van der Waals surface area contributed by atoms with Gasteiger partial charge in [0.2, 0.25) is 0 Å². The Balaban J connectivity index is 1.35. The van der Waals surface area contributed by atoms with Crippen LogP contribution in [0.5, 0.6) is 28.7 Å². The number of thioether (sulfide) groups is 1. The number of hydrogen-bond acceptors (Lipinski definition) is 10. The van der Waals surface area contributed by atoms with Gasteiger partial charge in [-0.2, -0.15) is 0 Å². The molecule has 0 saturated heterocycles. The molecule has 0 radical (unpaired) electrons. The number of aromatic hydroxyl groups is 2. The lowest BCUT2D eigenvalue weighted by molar-refractivity contribution is -0.178. The second kappa shape index (κ2) is 17.8. The van der Waals surface area contributed by atoms with E-state index in [1.54, 1.807) is 6.07 Å². The minimum Gasteiger partial charge on any atom is -0.504 e. The first-order valence-electron chi connectivity index (χ1n) is 20.3. The van der Waals surface area contributed by atoms with Crippen LogP contribution in [0.3, 0.4) is 0 Å². The predicted molar refractivity (Wildman–Crippen MR) is 243 cm³/mol. The van der Waals surface area contributed by atoms with E-state index < -0.39 is 16.5 Å². The highest BCUT2D eigenvalue weighted by Gasteiger charge is 2.68. The molecule has 3 atom stereocenters. The summed E-state index contributed by atoms with van der Waals surface area (Å²) in [6.45, 7) is 2.05. The Kier molecular flexibility index (Phi) is 11.7. The van der Waals surface area contributed by atoms with Crippen LogP contribution in [0.15, 0.2) is 180 Å². The lowest BCUT2D eigenvalue weighted by atomic mass is 9.67. The number of fused-ring (bicyclic) bond motifs is 2. The third kappa shape index (κ3) is 8.12. The van der Waals surface area contributed by atoms with Gasteiger partial charge in [0.1, 0.15) is 30.5 Å². The number of ketones is 1. The molecule has 10 heteroatoms. The third-order valence-electron chi connectivity index (χ3n) is 11.1. The number of phenols is 2. The summed E-state index contributed by atoms with van der Waals surface area (Å²) in [6.07, 6.45) is -0.925. The van der Waals surface area contributed by atoms with E-state index in [1.807, 2.05) is 158 Å². The fourth-order valence-corrected chi connectivity index (χ4v) is 11.2. The summed E-state index contributed by atoms with van der Waals surface area (Å²) >= 11 is 2.99. The summed E-state index contributed by atoms with van der Waals surface area (Å²) in [6, 6.07) is 55.7. The van der Waals surface area contributed by atoms with Gasteiger partial charge in [-0.25, -0.2) is 4.98 Å². The van der Waals surface area contributed by atoms with Crippen molar-refractivity contribution in [2.24, 2.45) is 0 Å². The van der Waals surface area contributed by atoms with Crippen molar-refractivity contribution in [1.82, 2.24) is 4.98 Å². The van der Waals surface area contributed by atoms with Crippen LogP contribution in [0.4, 0.5) is 0 Å². The third-order valence-corrected chi connectivity index (χ3v) is 13.7. The van der Waals surface area contributed by atoms with Gasteiger partial charge < -0.3 is 29.2 Å². The molecule has 8 aromatic rings. The van der Waals surface area contributed by atoms with Gasteiger partial charge in [0.25, 0.3) is 0 Å². The molecule has 1 aromatic heterocycles. The second-order valence-corrected chi connectivity index (χ2v) is 17.8. The number of carbonyl (C=O) groups is 1. The predicted octanol–water partition coefficient (Wildman–Crippen LogP) is 11.8. The van der Waals surface area contributed by atoms with Crippen molar-refractivity contribution in [3.8, 4) is 28.7 Å². The summed E-state index contributed by atoms with van der Waals surface area (Å²) in [5.74, 6) is 0.343. The maximum atomic E-state index is 15.5. The molecule has 1 aliphatic rings. The zero-order valence-electron chi connectivity index (χ0n) is 33.8. The molecule has 2 heterocycles. The number of ether oxygens (including phenoxy) is 4. The standard InChI is InChI=1S/C52H43NO7S2/c1-35(54)52(59-34-39-22-12-5-13-23-39)49(40-26-27-43(55)44(56)28-40)60-46-30-41(57-32-37-18-8-3-9-19-37)29-45(58-33-38-20-10-4-11-21-38)48(46)51(52,31-36-16-6-2-7-17-36)62-50-53-42-24-14-15-25-47(42)61-50/h2-30,49,55-56H,31-34H2,1H3/t49-,51?,52-/m1/s1. The first kappa shape index (κ1) is 40.8. The summed E-state index contributed by atoms with van der Waals surface area (Å²) in [4.78, 5) is 20.6. The van der Waals surface area contributed by atoms with Crippen molar-refractivity contribution in [1.29, 1.82) is 0 Å². The summed E-state index contributed by atoms with van der Waals surface area (Å²) in [7, 11) is 0. The molecule has 62 heavy (non-hydrogen) atoms. The number of thiazole rings is 1. The van der Waals surface area contributed by atoms with Gasteiger partial charge in [-0.05, 0) is 65.4 Å². The van der Waals surface area contributed by atoms with Gasteiger partial charge in [0.05, 0.1) is 27.1 Å². The maximum Gasteiger partial charge on any atom is 0.186 e. The number of Topliss-reactive ketones (excluding diaryl/α,β-unsaturated/α-hetero) is 1. The molecule has 0 saturated carbocycles. The Hall–Kier alpha value is -6.59. The van der Waals surface area contributed by atoms with Gasteiger partial charge in [0, 0.05) is 12.1 Å². The first-order valence-corrected chi connectivity index (χ1v) is 21.9. The fraction of sp³-hybridized carbons (Fsp3) is 0.154. The molecular formula is C52H43NO7S2. The Morgan fingerprint density at radius 1 is 0.677 bits per heavy atom. The maximum absolute atomic E-state index is 15.5. The van der Waals surface area contributed by atoms with Gasteiger partial charge in [0.15, 0.2) is 33.3 Å². The van der Waals surface area contributed by atoms with Crippen LogP contribution >= 0.6 is 23.1 Å². The molecule has 1 aliphatic heterocycles. The summed E-state index contributed by atoms with van der Waals surface area (Å²) in [5, 5.41) is 21.7. The average Bonchev–Trinajstić information content (AvgIpc) is 3.71. The van der Waals surface area contributed by atoms with Crippen LogP contribution in [0.25, 0.3) is 10.2 Å². The van der Waals surface area contributed by atoms with E-state index in [0.717, 1.165) is 32.5 Å². The second-order valence-electron chi connectivity index (χ2n) is 15.2. The van der Waals surface area contributed by atoms with E-state index in [4.69, 9.17) is 23.9 Å². The van der Waals surface area contributed by atoms with Gasteiger partial charge >= 0.3 is 0 Å². The number of para-hydroxylation sites is 1. The Morgan fingerprint density at radius 2 is 1.26 bits per heavy atom. The molecule has 0 bridgehead atoms. The van der Waals surface area contributed by atoms with E-state index in [9.17, 15) is 10.2 Å². The monoisotopic (exact) mass is 857 g/mol. The summed E-state index contributed by atoms with van der Waals surface area (Å²) < 4.78 is 28.4. The SMILES string of the molecule is CC(=O)[C@@]1(OCc2ccccc2)[C@@H](c2ccc(O)c(O)c2)Oc2cc(OCc3ccccc3)cc(OCc3ccccc3)c2C1(Cc1ccccc1)Sc1nc2ccccc2s1. The normalized spacial score (nSPS) is 18.1. The molecule has 1 unspecified atom stereocenters. The van der Waals surface area contributed by atoms with Crippen molar-refractivity contribution in [3.63, 3.8) is 0 Å². The minimum atomic E-state index is -1.85. The van der Waals surface area contributed by atoms with Crippen LogP contribution in [0, 0.1) is 0 Å². The van der Waals surface area contributed by atoms with E-state index >= 15 is 4.79 Å². The van der Waals surface area contributed by atoms with Crippen LogP contribution in [0.1, 0.15) is 46.4 Å². The highest BCUT2D eigenvalue weighted by atomic mass is 32.2. The highest BCUT2D eigenvalue weighted by molar-refractivity contribution is 8.02. The highest BCUT2D eigenvalue weighted by Crippen LogP contribution is 2.66. The van der Waals surface area contributed by atoms with E-state index in [0.29, 0.717) is 32.7 Å². The quantitative estimate of drug-likeness (QED) is 0.0975. The smallest absolute Gasteiger partial charge is 0.186 e. The van der Waals surface area contributed by atoms with Crippen LogP contribution in [-0.2, 0) is 40.5 Å². The molecule has 0 spiro atoms. The van der Waals surface area contributed by atoms with Crippen LogP contribution in [-0.4, -0.2) is 26.6 Å². The largest absolute Gasteiger partial charge is 0.504 e. The minimum absolute atomic E-state index is 0.0368. The number of phenolic OH excluding ortho intramolecular Hbond substituents is 2. The van der Waals surface area contributed by atoms with Crippen LogP contribution < -0.4 is 14.2 Å². The van der Waals surface area contributed by atoms with Crippen molar-refractivity contribution in [2.75, 3.05) is 0 Å². The number of benzene rings is 7. The van der Waals surface area contributed by atoms with E-state index in [2.05, 4.69) is 0 Å². The van der Waals surface area contributed by atoms with Crippen molar-refractivity contribution in [3.05, 3.63) is 209 Å². The number of nitrogens with zero attached hydrogens (tertiary/aromatic N) is 1. The van der Waals surface area contributed by atoms with Crippen molar-refractivity contribution in [2.45, 2.75) is 54.0 Å². The Labute approximate surface area is 368 Å². The van der Waals surface area contributed by atoms with E-state index in [-0.39, 0.29) is 43.5 Å². The average molecular weight is 858 g/mol. The molecule has 310 valence electrons. The number of carbonyl (C=O) groups excluding carboxylic acids is 1. The Morgan fingerprint density at radius 3 is 1.87 bits per heavy atom. The zero-order chi connectivity index (χ0) is 42.5. The summed E-state index contributed by atoms with van der Waals surface area (Å²) in [5.41, 5.74) is 3.67. The molecule has 2 N–H and O–H groups in total. The van der Waals surface area contributed by atoms with E-state index in [1.165, 1.54) is 42.2 Å². The Bertz CT molecular complexity index is 2770. The van der Waals surface area contributed by atoms with Crippen molar-refractivity contribution >= 4 is 39.1 Å². The molecule has 0 aliphatic carbocycles. The zero-order valence-corrected chi connectivity index (χ0v) is 35.5. The first-order chi connectivity index (χ1) is 30.3. The molecule has 8 nitrogen and oxygen atoms in total. The lowest BCUT2D eigenvalue weighted by Crippen LogP contribution is -2.64. The molecule has 9 rings (SSSR count). The topological polar surface area (TPSA) is 107 Å². The number of rotatable bonds is 15. The lowest BCUT2D eigenvalue weighted by Gasteiger charge is -2.55. The fourth-order valence-electron chi connectivity index (χ4n) is 8.19. The molecule has 7 aromatic carbocycles. The van der Waals surface area contributed by atoms with Crippen molar-refractivity contribution < 1.29 is 34.0 Å². The number of hydrogen-bond donors (Lipinski definition) is 2. The van der Waals surface area contributed by atoms with Crippen LogP contribution in [0.2, 0.25) is 0 Å². The van der Waals surface area contributed by atoms with Gasteiger partial charge in [-0.15, -0.1) is 11.3 Å². The van der Waals surface area contributed by atoms with Gasteiger partial charge in [-0.3, -0.25) is 4.79 Å². The molecule has 0 amide bonds. The molecule has 0 fully saturated rings. The molecular weight excluding hydrogens is 815 g/mol. The van der Waals surface area contributed by atoms with Gasteiger partial charge in [-0.1, -0.05) is 151 Å².